The Balaban J connectivity index is 3.60. The molecule has 0 aliphatic carbocycles. The summed E-state index contributed by atoms with van der Waals surface area (Å²) in [5.74, 6) is -0.480. The monoisotopic (exact) mass is 365 g/mol. The summed E-state index contributed by atoms with van der Waals surface area (Å²) in [5, 5.41) is 18.9. The molecule has 25 heavy (non-hydrogen) atoms. The van der Waals surface area contributed by atoms with Crippen molar-refractivity contribution in [2.75, 3.05) is 19.8 Å². The number of alkyl carbamates (subject to hydrolysis) is 1. The predicted octanol–water partition coefficient (Wildman–Crippen LogP) is 1.34. The highest BCUT2D eigenvalue weighted by Crippen LogP contribution is 2.06. The Hall–Kier alpha value is -1.46. The second-order valence-electron chi connectivity index (χ2n) is 6.49. The van der Waals surface area contributed by atoms with Crippen LogP contribution in [0.25, 0.3) is 0 Å². The number of amides is 1. The van der Waals surface area contributed by atoms with E-state index in [1.807, 2.05) is 0 Å². The lowest BCUT2D eigenvalue weighted by molar-refractivity contribution is -0.492. The minimum Gasteiger partial charge on any atom is -0.465 e. The maximum absolute atomic E-state index is 11.7. The van der Waals surface area contributed by atoms with Gasteiger partial charge in [-0.15, -0.1) is 0 Å². The summed E-state index contributed by atoms with van der Waals surface area (Å²) in [6.07, 6.45) is 2.36. The van der Waals surface area contributed by atoms with Crippen molar-refractivity contribution in [3.63, 3.8) is 0 Å². The molecule has 0 aliphatic rings. The number of ether oxygens (including phenoxy) is 2. The molecule has 0 saturated heterocycles. The summed E-state index contributed by atoms with van der Waals surface area (Å²) in [6.45, 7) is 6.10. The molecular weight excluding hydrogens is 334 g/mol. The van der Waals surface area contributed by atoms with Crippen molar-refractivity contribution in [2.24, 2.45) is 5.73 Å². The number of hydrogen-bond donors (Lipinski definition) is 4. The van der Waals surface area contributed by atoms with Gasteiger partial charge in [-0.25, -0.2) is 4.79 Å². The lowest BCUT2D eigenvalue weighted by atomic mass is 10.1. The van der Waals surface area contributed by atoms with Crippen molar-refractivity contribution in [3.8, 4) is 0 Å². The number of hydrogen-bond acceptors (Lipinski definition) is 9. The number of nitrogens with zero attached hydrogens (tertiary/aromatic N) is 1. The van der Waals surface area contributed by atoms with E-state index in [-0.39, 0.29) is 18.6 Å². The Kier molecular flexibility index (Phi) is 12.1. The van der Waals surface area contributed by atoms with E-state index in [2.05, 4.69) is 10.2 Å². The topological polar surface area (TPSA) is 144 Å². The third-order valence-electron chi connectivity index (χ3n) is 2.90. The molecule has 1 atom stereocenters. The van der Waals surface area contributed by atoms with Crippen LogP contribution in [0.15, 0.2) is 0 Å². The third-order valence-corrected chi connectivity index (χ3v) is 2.90. The van der Waals surface area contributed by atoms with Crippen molar-refractivity contribution < 1.29 is 34.3 Å². The Bertz CT molecular complexity index is 386. The number of unbranched alkanes of at least 4 members (excludes halogenated alkanes) is 2. The van der Waals surface area contributed by atoms with Crippen molar-refractivity contribution in [3.05, 3.63) is 0 Å². The van der Waals surface area contributed by atoms with Crippen LogP contribution < -0.4 is 11.1 Å². The zero-order valence-electron chi connectivity index (χ0n) is 15.2. The number of nitrogens with two attached hydrogens (primary N) is 1. The van der Waals surface area contributed by atoms with Crippen LogP contribution in [0.2, 0.25) is 0 Å². The van der Waals surface area contributed by atoms with Gasteiger partial charge in [-0.1, -0.05) is 0 Å². The number of esters is 1. The first kappa shape index (κ1) is 23.5. The van der Waals surface area contributed by atoms with Gasteiger partial charge in [0.05, 0.1) is 18.6 Å². The summed E-state index contributed by atoms with van der Waals surface area (Å²) in [7, 11) is 0. The minimum atomic E-state index is -0.705. The fraction of sp³-hybridized carbons (Fsp3) is 0.867. The number of rotatable bonds is 12. The fourth-order valence-corrected chi connectivity index (χ4v) is 1.74. The van der Waals surface area contributed by atoms with E-state index >= 15 is 0 Å². The van der Waals surface area contributed by atoms with Gasteiger partial charge in [0.2, 0.25) is 0 Å². The van der Waals surface area contributed by atoms with Gasteiger partial charge >= 0.3 is 12.1 Å². The molecule has 5 N–H and O–H groups in total. The van der Waals surface area contributed by atoms with E-state index in [0.29, 0.717) is 38.6 Å². The zero-order chi connectivity index (χ0) is 19.3. The SMILES string of the molecule is CC(C)(C)OC(=O)NCCCC[C@H](N)C(=O)OCCCCON(O)O. The predicted molar refractivity (Wildman–Crippen MR) is 87.6 cm³/mol. The molecule has 148 valence electrons. The Labute approximate surface area is 148 Å². The highest BCUT2D eigenvalue weighted by molar-refractivity contribution is 5.75. The summed E-state index contributed by atoms with van der Waals surface area (Å²) in [6, 6.07) is -0.705. The highest BCUT2D eigenvalue weighted by Gasteiger charge is 2.16. The van der Waals surface area contributed by atoms with Crippen LogP contribution in [-0.2, 0) is 19.1 Å². The molecule has 0 spiro atoms. The lowest BCUT2D eigenvalue weighted by Gasteiger charge is -2.19. The molecule has 0 aliphatic heterocycles. The molecule has 0 heterocycles. The Morgan fingerprint density at radius 1 is 1.12 bits per heavy atom. The molecule has 0 saturated carbocycles. The first-order valence-electron chi connectivity index (χ1n) is 8.31. The second kappa shape index (κ2) is 12.8. The molecule has 0 radical (unpaired) electrons. The average Bonchev–Trinajstić information content (AvgIpc) is 2.47. The quantitative estimate of drug-likeness (QED) is 0.229. The maximum atomic E-state index is 11.7. The normalized spacial score (nSPS) is 12.8. The molecule has 0 aromatic rings. The Morgan fingerprint density at radius 2 is 1.76 bits per heavy atom. The van der Waals surface area contributed by atoms with Crippen LogP contribution in [0.4, 0.5) is 4.79 Å². The van der Waals surface area contributed by atoms with Gasteiger partial charge in [0.1, 0.15) is 11.6 Å². The average molecular weight is 365 g/mol. The number of nitrogens with one attached hydrogen (secondary N) is 1. The van der Waals surface area contributed by atoms with E-state index in [1.54, 1.807) is 20.8 Å². The standard InChI is InChI=1S/C15H31N3O7/c1-15(2,3)25-14(20)17-9-5-4-8-12(16)13(19)23-10-6-7-11-24-18(21)22/h12,21-22H,4-11,16H2,1-3H3,(H,17,20)/t12-/m0/s1. The largest absolute Gasteiger partial charge is 0.465 e. The van der Waals surface area contributed by atoms with E-state index < -0.39 is 23.7 Å². The molecule has 1 amide bonds. The fourth-order valence-electron chi connectivity index (χ4n) is 1.74. The molecule has 0 bridgehead atoms. The zero-order valence-corrected chi connectivity index (χ0v) is 15.2. The smallest absolute Gasteiger partial charge is 0.407 e. The van der Waals surface area contributed by atoms with Gasteiger partial charge in [0, 0.05) is 6.54 Å². The molecule has 0 aromatic heterocycles. The number of carbonyl (C=O) groups excluding carboxylic acids is 2. The molecule has 10 nitrogen and oxygen atoms in total. The molecule has 0 fully saturated rings. The number of carbonyl (C=O) groups is 2. The van der Waals surface area contributed by atoms with Crippen LogP contribution in [0.1, 0.15) is 52.9 Å². The van der Waals surface area contributed by atoms with Crippen LogP contribution in [0, 0.1) is 0 Å². The van der Waals surface area contributed by atoms with Crippen molar-refractivity contribution in [2.45, 2.75) is 64.5 Å². The van der Waals surface area contributed by atoms with Gasteiger partial charge in [-0.3, -0.25) is 20.0 Å². The lowest BCUT2D eigenvalue weighted by Crippen LogP contribution is -2.34. The van der Waals surface area contributed by atoms with Crippen molar-refractivity contribution in [1.29, 1.82) is 0 Å². The molecular formula is C15H31N3O7. The van der Waals surface area contributed by atoms with Gasteiger partial charge in [0.25, 0.3) is 0 Å². The van der Waals surface area contributed by atoms with Gasteiger partial charge in [-0.05, 0) is 52.9 Å². The van der Waals surface area contributed by atoms with Crippen LogP contribution in [0.5, 0.6) is 0 Å². The highest BCUT2D eigenvalue weighted by atomic mass is 17.1. The minimum absolute atomic E-state index is 0.0985. The summed E-state index contributed by atoms with van der Waals surface area (Å²) < 4.78 is 10.1. The maximum Gasteiger partial charge on any atom is 0.407 e. The molecule has 0 aromatic carbocycles. The first-order chi connectivity index (χ1) is 11.6. The Morgan fingerprint density at radius 3 is 2.36 bits per heavy atom. The molecule has 0 unspecified atom stereocenters. The van der Waals surface area contributed by atoms with E-state index in [0.717, 1.165) is 0 Å². The van der Waals surface area contributed by atoms with Crippen molar-refractivity contribution >= 4 is 12.1 Å². The van der Waals surface area contributed by atoms with Gasteiger partial charge < -0.3 is 20.5 Å². The summed E-state index contributed by atoms with van der Waals surface area (Å²) in [4.78, 5) is 27.4. The summed E-state index contributed by atoms with van der Waals surface area (Å²) >= 11 is 0. The van der Waals surface area contributed by atoms with E-state index in [4.69, 9.17) is 25.6 Å². The first-order valence-corrected chi connectivity index (χ1v) is 8.31. The van der Waals surface area contributed by atoms with E-state index in [1.165, 1.54) is 0 Å². The van der Waals surface area contributed by atoms with Crippen LogP contribution >= 0.6 is 0 Å². The second-order valence-corrected chi connectivity index (χ2v) is 6.49. The van der Waals surface area contributed by atoms with Crippen LogP contribution in [-0.4, -0.2) is 59.3 Å². The van der Waals surface area contributed by atoms with Gasteiger partial charge in [-0.2, -0.15) is 0 Å². The molecule has 0 rings (SSSR count). The third kappa shape index (κ3) is 15.8. The van der Waals surface area contributed by atoms with Crippen LogP contribution in [0.3, 0.4) is 0 Å². The molecule has 10 heteroatoms. The van der Waals surface area contributed by atoms with E-state index in [9.17, 15) is 9.59 Å². The van der Waals surface area contributed by atoms with Crippen molar-refractivity contribution in [1.82, 2.24) is 10.7 Å². The summed E-state index contributed by atoms with van der Waals surface area (Å²) in [5.41, 5.74) is 5.21. The van der Waals surface area contributed by atoms with Gasteiger partial charge in [0.15, 0.2) is 0 Å².